The molecule has 1 unspecified atom stereocenters. The number of fused-ring (bicyclic) bond motifs is 1. The summed E-state index contributed by atoms with van der Waals surface area (Å²) in [5.74, 6) is 5.84. The van der Waals surface area contributed by atoms with Crippen molar-refractivity contribution < 1.29 is 9.18 Å². The molecule has 0 bridgehead atoms. The van der Waals surface area contributed by atoms with Crippen molar-refractivity contribution in [3.05, 3.63) is 53.1 Å². The normalized spacial score (nSPS) is 17.6. The molecule has 1 atom stereocenters. The van der Waals surface area contributed by atoms with Crippen LogP contribution in [0.3, 0.4) is 0 Å². The first kappa shape index (κ1) is 23.4. The third-order valence-corrected chi connectivity index (χ3v) is 5.95. The zero-order valence-corrected chi connectivity index (χ0v) is 19.5. The third-order valence-electron chi connectivity index (χ3n) is 5.66. The van der Waals surface area contributed by atoms with Crippen molar-refractivity contribution in [2.45, 2.75) is 19.8 Å². The number of nitrogens with one attached hydrogen (secondary N) is 2. The van der Waals surface area contributed by atoms with Crippen molar-refractivity contribution >= 4 is 45.6 Å². The van der Waals surface area contributed by atoms with Gasteiger partial charge in [-0.15, -0.1) is 0 Å². The van der Waals surface area contributed by atoms with Crippen LogP contribution in [-0.4, -0.2) is 40.9 Å². The molecular formula is C25H22ClFN6O. The Morgan fingerprint density at radius 3 is 2.88 bits per heavy atom. The number of carbonyl (C=O) groups is 1. The average Bonchev–Trinajstić information content (AvgIpc) is 3.14. The number of aromatic nitrogens is 2. The lowest BCUT2D eigenvalue weighted by atomic mass is 9.90. The summed E-state index contributed by atoms with van der Waals surface area (Å²) in [6, 6.07) is 9.91. The number of nitriles is 1. The number of amides is 1. The number of benzene rings is 2. The minimum absolute atomic E-state index is 0.0172. The van der Waals surface area contributed by atoms with Gasteiger partial charge in [-0.3, -0.25) is 4.79 Å². The number of hydrogen-bond donors (Lipinski definition) is 2. The molecule has 1 amide bonds. The van der Waals surface area contributed by atoms with Crippen molar-refractivity contribution in [2.24, 2.45) is 5.41 Å². The van der Waals surface area contributed by atoms with Crippen LogP contribution in [0.15, 0.2) is 36.7 Å². The standard InChI is InChI=1S/C25H22ClFN6O/c1-25(9-11-33(2)14-25)8-6-16-12-21-17(13-20(16)31-22(34)7-10-28)24(30-15-29-21)32-19-5-3-4-18(26)23(19)27/h3-5,12-13,15H,7,9,11,14H2,1-2H3,(H,31,34)(H,29,30,32). The third kappa shape index (κ3) is 5.09. The maximum absolute atomic E-state index is 14.5. The second-order valence-corrected chi connectivity index (χ2v) is 8.95. The number of likely N-dealkylation sites (tertiary alicyclic amines) is 1. The Hall–Kier alpha value is -3.72. The zero-order chi connectivity index (χ0) is 24.3. The first-order chi connectivity index (χ1) is 16.3. The van der Waals surface area contributed by atoms with Gasteiger partial charge in [-0.1, -0.05) is 29.5 Å². The molecule has 2 aromatic carbocycles. The highest BCUT2D eigenvalue weighted by atomic mass is 35.5. The largest absolute Gasteiger partial charge is 0.337 e. The summed E-state index contributed by atoms with van der Waals surface area (Å²) in [4.78, 5) is 23.0. The van der Waals surface area contributed by atoms with Gasteiger partial charge in [-0.2, -0.15) is 5.26 Å². The molecule has 4 rings (SSSR count). The minimum Gasteiger partial charge on any atom is -0.337 e. The number of nitrogens with zero attached hydrogens (tertiary/aromatic N) is 4. The number of carbonyl (C=O) groups excluding carboxylic acids is 1. The SMILES string of the molecule is CN1CCC(C)(C#Cc2cc3ncnc(Nc4cccc(Cl)c4F)c3cc2NC(=O)CC#N)C1. The van der Waals surface area contributed by atoms with E-state index in [0.717, 1.165) is 19.5 Å². The van der Waals surface area contributed by atoms with E-state index in [4.69, 9.17) is 16.9 Å². The molecule has 1 fully saturated rings. The second-order valence-electron chi connectivity index (χ2n) is 8.55. The fourth-order valence-corrected chi connectivity index (χ4v) is 4.09. The van der Waals surface area contributed by atoms with Crippen molar-refractivity contribution in [1.82, 2.24) is 14.9 Å². The summed E-state index contributed by atoms with van der Waals surface area (Å²) < 4.78 is 14.5. The maximum Gasteiger partial charge on any atom is 0.238 e. The number of halogens is 2. The van der Waals surface area contributed by atoms with Gasteiger partial charge < -0.3 is 15.5 Å². The Balaban J connectivity index is 1.79. The fraction of sp³-hybridized carbons (Fsp3) is 0.280. The molecule has 3 aromatic rings. The molecule has 9 heteroatoms. The maximum atomic E-state index is 14.5. The van der Waals surface area contributed by atoms with Gasteiger partial charge >= 0.3 is 0 Å². The van der Waals surface area contributed by atoms with Crippen LogP contribution in [0.25, 0.3) is 10.9 Å². The van der Waals surface area contributed by atoms with Crippen LogP contribution in [-0.2, 0) is 4.79 Å². The molecule has 1 aromatic heterocycles. The summed E-state index contributed by atoms with van der Waals surface area (Å²) in [5.41, 5.74) is 1.56. The molecular weight excluding hydrogens is 455 g/mol. The summed E-state index contributed by atoms with van der Waals surface area (Å²) in [6.45, 7) is 3.93. The lowest BCUT2D eigenvalue weighted by molar-refractivity contribution is -0.115. The van der Waals surface area contributed by atoms with Crippen LogP contribution >= 0.6 is 11.6 Å². The molecule has 7 nitrogen and oxygen atoms in total. The van der Waals surface area contributed by atoms with E-state index in [-0.39, 0.29) is 22.5 Å². The minimum atomic E-state index is -0.601. The molecule has 0 spiro atoms. The van der Waals surface area contributed by atoms with Gasteiger partial charge in [0.2, 0.25) is 5.91 Å². The topological polar surface area (TPSA) is 93.9 Å². The van der Waals surface area contributed by atoms with E-state index in [1.54, 1.807) is 24.3 Å². The van der Waals surface area contributed by atoms with Crippen LogP contribution in [0.1, 0.15) is 25.3 Å². The molecule has 172 valence electrons. The van der Waals surface area contributed by atoms with E-state index in [1.807, 2.05) is 6.07 Å². The van der Waals surface area contributed by atoms with Gasteiger partial charge in [0.15, 0.2) is 5.82 Å². The first-order valence-electron chi connectivity index (χ1n) is 10.7. The zero-order valence-electron chi connectivity index (χ0n) is 18.7. The van der Waals surface area contributed by atoms with Gasteiger partial charge in [-0.25, -0.2) is 14.4 Å². The fourth-order valence-electron chi connectivity index (χ4n) is 3.92. The highest BCUT2D eigenvalue weighted by molar-refractivity contribution is 6.31. The number of rotatable bonds is 4. The Labute approximate surface area is 201 Å². The monoisotopic (exact) mass is 476 g/mol. The average molecular weight is 477 g/mol. The summed E-state index contributed by atoms with van der Waals surface area (Å²) in [5, 5.41) is 15.1. The van der Waals surface area contributed by atoms with Crippen LogP contribution < -0.4 is 10.6 Å². The predicted molar refractivity (Wildman–Crippen MR) is 130 cm³/mol. The molecule has 0 radical (unpaired) electrons. The smallest absolute Gasteiger partial charge is 0.238 e. The van der Waals surface area contributed by atoms with Gasteiger partial charge in [0.1, 0.15) is 18.6 Å². The van der Waals surface area contributed by atoms with E-state index in [2.05, 4.69) is 51.3 Å². The van der Waals surface area contributed by atoms with E-state index in [1.165, 1.54) is 12.4 Å². The lowest BCUT2D eigenvalue weighted by Gasteiger charge is -2.16. The second kappa shape index (κ2) is 9.64. The van der Waals surface area contributed by atoms with Crippen molar-refractivity contribution in [3.63, 3.8) is 0 Å². The Kier molecular flexibility index (Phi) is 6.65. The Morgan fingerprint density at radius 2 is 2.15 bits per heavy atom. The quantitative estimate of drug-likeness (QED) is 0.529. The van der Waals surface area contributed by atoms with E-state index in [0.29, 0.717) is 28.0 Å². The van der Waals surface area contributed by atoms with Crippen molar-refractivity contribution in [2.75, 3.05) is 30.8 Å². The van der Waals surface area contributed by atoms with Crippen LogP contribution in [0.5, 0.6) is 0 Å². The van der Waals surface area contributed by atoms with Crippen molar-refractivity contribution in [3.8, 4) is 17.9 Å². The molecule has 1 saturated heterocycles. The van der Waals surface area contributed by atoms with Gasteiger partial charge in [-0.05, 0) is 51.2 Å². The van der Waals surface area contributed by atoms with Crippen LogP contribution in [0.4, 0.5) is 21.6 Å². The van der Waals surface area contributed by atoms with Crippen LogP contribution in [0, 0.1) is 34.4 Å². The number of hydrogen-bond acceptors (Lipinski definition) is 6. The van der Waals surface area contributed by atoms with E-state index >= 15 is 0 Å². The van der Waals surface area contributed by atoms with Gasteiger partial charge in [0.05, 0.1) is 33.5 Å². The van der Waals surface area contributed by atoms with E-state index < -0.39 is 11.7 Å². The molecule has 1 aliphatic rings. The first-order valence-corrected chi connectivity index (χ1v) is 11.0. The molecule has 0 saturated carbocycles. The summed E-state index contributed by atoms with van der Waals surface area (Å²) in [6.07, 6.45) is 2.02. The van der Waals surface area contributed by atoms with E-state index in [9.17, 15) is 9.18 Å². The van der Waals surface area contributed by atoms with Crippen LogP contribution in [0.2, 0.25) is 5.02 Å². The highest BCUT2D eigenvalue weighted by Gasteiger charge is 2.30. The van der Waals surface area contributed by atoms with Gasteiger partial charge in [0.25, 0.3) is 0 Å². The molecule has 2 N–H and O–H groups in total. The molecule has 0 aliphatic carbocycles. The summed E-state index contributed by atoms with van der Waals surface area (Å²) in [7, 11) is 2.06. The molecule has 34 heavy (non-hydrogen) atoms. The molecule has 1 aliphatic heterocycles. The van der Waals surface area contributed by atoms with Crippen molar-refractivity contribution in [1.29, 1.82) is 5.26 Å². The Morgan fingerprint density at radius 1 is 1.32 bits per heavy atom. The lowest BCUT2D eigenvalue weighted by Crippen LogP contribution is -2.20. The highest BCUT2D eigenvalue weighted by Crippen LogP contribution is 2.32. The summed E-state index contributed by atoms with van der Waals surface area (Å²) >= 11 is 5.90. The predicted octanol–water partition coefficient (Wildman–Crippen LogP) is 4.71. The number of anilines is 3. The Bertz CT molecular complexity index is 1380. The molecule has 2 heterocycles. The van der Waals surface area contributed by atoms with Gasteiger partial charge in [0, 0.05) is 17.3 Å².